The number of rotatable bonds is 4. The number of benzene rings is 1. The summed E-state index contributed by atoms with van der Waals surface area (Å²) in [6, 6.07) is 5.63. The minimum atomic E-state index is -1.08. The largest absolute Gasteiger partial charge is 0.492 e. The van der Waals surface area contributed by atoms with Gasteiger partial charge in [0.25, 0.3) is 0 Å². The fraction of sp³-hybridized carbons (Fsp3) is 0.538. The van der Waals surface area contributed by atoms with Crippen LogP contribution < -0.4 is 5.46 Å². The van der Waals surface area contributed by atoms with Crippen molar-refractivity contribution in [2.24, 2.45) is 0 Å². The molecule has 0 aliphatic heterocycles. The van der Waals surface area contributed by atoms with Gasteiger partial charge in [0, 0.05) is 4.47 Å². The van der Waals surface area contributed by atoms with Gasteiger partial charge in [-0.05, 0) is 46.1 Å². The summed E-state index contributed by atoms with van der Waals surface area (Å²) in [5.74, 6) is 0. The van der Waals surface area contributed by atoms with E-state index in [0.29, 0.717) is 5.46 Å². The van der Waals surface area contributed by atoms with Crippen LogP contribution in [0.15, 0.2) is 22.7 Å². The predicted octanol–water partition coefficient (Wildman–Crippen LogP) is 2.01. The molecular formula is C13H20BBrO3. The first-order valence-electron chi connectivity index (χ1n) is 5.89. The second kappa shape index (κ2) is 5.33. The average molecular weight is 315 g/mol. The fourth-order valence-corrected chi connectivity index (χ4v) is 2.01. The van der Waals surface area contributed by atoms with E-state index in [0.717, 1.165) is 10.0 Å². The third kappa shape index (κ3) is 3.57. The molecule has 18 heavy (non-hydrogen) atoms. The van der Waals surface area contributed by atoms with Crippen LogP contribution in [0.5, 0.6) is 0 Å². The second-order valence-corrected chi connectivity index (χ2v) is 6.42. The van der Waals surface area contributed by atoms with Gasteiger partial charge in [-0.15, -0.1) is 0 Å². The summed E-state index contributed by atoms with van der Waals surface area (Å²) in [4.78, 5) is 0. The zero-order valence-corrected chi connectivity index (χ0v) is 13.1. The van der Waals surface area contributed by atoms with Crippen molar-refractivity contribution in [2.75, 3.05) is 0 Å². The van der Waals surface area contributed by atoms with E-state index in [4.69, 9.17) is 4.65 Å². The lowest BCUT2D eigenvalue weighted by Crippen LogP contribution is -2.53. The maximum atomic E-state index is 10.1. The molecule has 5 heteroatoms. The summed E-state index contributed by atoms with van der Waals surface area (Å²) in [6.07, 6.45) is 0. The molecule has 1 aromatic rings. The molecule has 0 amide bonds. The number of halogens is 1. The first kappa shape index (κ1) is 15.7. The van der Waals surface area contributed by atoms with Crippen molar-refractivity contribution in [3.63, 3.8) is 0 Å². The quantitative estimate of drug-likeness (QED) is 0.836. The molecule has 1 rings (SSSR count). The zero-order chi connectivity index (χ0) is 14.1. The second-order valence-electron chi connectivity index (χ2n) is 5.56. The molecular weight excluding hydrogens is 295 g/mol. The van der Waals surface area contributed by atoms with E-state index in [1.807, 2.05) is 25.1 Å². The number of hydrogen-bond acceptors (Lipinski definition) is 3. The standard InChI is InChI=1S/C13H20BBrO3/c1-9-6-7-10(11(15)8-9)14(17)18-13(4,5)12(2,3)16/h6-8,16-17H,1-5H3. The molecule has 100 valence electrons. The Morgan fingerprint density at radius 2 is 1.78 bits per heavy atom. The highest BCUT2D eigenvalue weighted by Crippen LogP contribution is 2.25. The van der Waals surface area contributed by atoms with Gasteiger partial charge in [0.1, 0.15) is 0 Å². The first-order chi connectivity index (χ1) is 8.04. The average Bonchev–Trinajstić information content (AvgIpc) is 2.14. The van der Waals surface area contributed by atoms with Gasteiger partial charge < -0.3 is 14.8 Å². The van der Waals surface area contributed by atoms with Crippen LogP contribution >= 0.6 is 15.9 Å². The Labute approximate surface area is 117 Å². The van der Waals surface area contributed by atoms with E-state index in [-0.39, 0.29) is 0 Å². The highest BCUT2D eigenvalue weighted by atomic mass is 79.9. The van der Waals surface area contributed by atoms with Crippen LogP contribution in [0.25, 0.3) is 0 Å². The summed E-state index contributed by atoms with van der Waals surface area (Å²) in [6.45, 7) is 8.78. The minimum absolute atomic E-state index is 0.651. The Morgan fingerprint density at radius 1 is 1.22 bits per heavy atom. The Balaban J connectivity index is 2.92. The van der Waals surface area contributed by atoms with Gasteiger partial charge in [-0.25, -0.2) is 0 Å². The Hall–Kier alpha value is -0.355. The van der Waals surface area contributed by atoms with Gasteiger partial charge in [-0.1, -0.05) is 33.6 Å². The third-order valence-electron chi connectivity index (χ3n) is 3.30. The SMILES string of the molecule is Cc1ccc(B(O)OC(C)(C)C(C)(C)O)c(Br)c1. The Morgan fingerprint density at radius 3 is 2.22 bits per heavy atom. The molecule has 0 radical (unpaired) electrons. The molecule has 0 bridgehead atoms. The maximum absolute atomic E-state index is 10.1. The van der Waals surface area contributed by atoms with Crippen LogP contribution in [0, 0.1) is 6.92 Å². The van der Waals surface area contributed by atoms with E-state index in [9.17, 15) is 10.1 Å². The van der Waals surface area contributed by atoms with Gasteiger partial charge in [0.2, 0.25) is 0 Å². The van der Waals surface area contributed by atoms with Gasteiger partial charge >= 0.3 is 7.12 Å². The van der Waals surface area contributed by atoms with Crippen molar-refractivity contribution in [1.82, 2.24) is 0 Å². The summed E-state index contributed by atoms with van der Waals surface area (Å²) in [5, 5.41) is 20.1. The zero-order valence-electron chi connectivity index (χ0n) is 11.5. The van der Waals surface area contributed by atoms with E-state index in [1.54, 1.807) is 27.7 Å². The van der Waals surface area contributed by atoms with Crippen molar-refractivity contribution in [2.45, 2.75) is 45.8 Å². The Bertz CT molecular complexity index is 427. The van der Waals surface area contributed by atoms with Crippen LogP contribution in [0.1, 0.15) is 33.3 Å². The molecule has 0 fully saturated rings. The molecule has 0 saturated heterocycles. The van der Waals surface area contributed by atoms with E-state index < -0.39 is 18.3 Å². The van der Waals surface area contributed by atoms with Crippen LogP contribution in [0.3, 0.4) is 0 Å². The van der Waals surface area contributed by atoms with Gasteiger partial charge in [0.05, 0.1) is 11.2 Å². The number of aryl methyl sites for hydroxylation is 1. The van der Waals surface area contributed by atoms with Crippen molar-refractivity contribution >= 4 is 28.5 Å². The summed E-state index contributed by atoms with van der Waals surface area (Å²) in [5.41, 5.74) is -0.167. The molecule has 0 aliphatic carbocycles. The molecule has 3 nitrogen and oxygen atoms in total. The van der Waals surface area contributed by atoms with Gasteiger partial charge in [-0.3, -0.25) is 0 Å². The van der Waals surface area contributed by atoms with Crippen LogP contribution in [0.2, 0.25) is 0 Å². The Kier molecular flexibility index (Phi) is 4.65. The smallest absolute Gasteiger partial charge is 0.423 e. The summed E-state index contributed by atoms with van der Waals surface area (Å²) >= 11 is 3.40. The lowest BCUT2D eigenvalue weighted by molar-refractivity contribution is -0.0982. The summed E-state index contributed by atoms with van der Waals surface area (Å²) in [7, 11) is -1.08. The van der Waals surface area contributed by atoms with Gasteiger partial charge in [-0.2, -0.15) is 0 Å². The minimum Gasteiger partial charge on any atom is -0.423 e. The molecule has 0 heterocycles. The topological polar surface area (TPSA) is 49.7 Å². The molecule has 0 spiro atoms. The normalized spacial score (nSPS) is 12.7. The maximum Gasteiger partial charge on any atom is 0.492 e. The highest BCUT2D eigenvalue weighted by Gasteiger charge is 2.39. The predicted molar refractivity (Wildman–Crippen MR) is 77.9 cm³/mol. The first-order valence-corrected chi connectivity index (χ1v) is 6.68. The highest BCUT2D eigenvalue weighted by molar-refractivity contribution is 9.10. The van der Waals surface area contributed by atoms with Crippen LogP contribution in [0.4, 0.5) is 0 Å². The lowest BCUT2D eigenvalue weighted by atomic mass is 9.76. The van der Waals surface area contributed by atoms with Crippen LogP contribution in [-0.2, 0) is 4.65 Å². The van der Waals surface area contributed by atoms with E-state index >= 15 is 0 Å². The van der Waals surface area contributed by atoms with Crippen molar-refractivity contribution in [3.05, 3.63) is 28.2 Å². The molecule has 0 aromatic heterocycles. The lowest BCUT2D eigenvalue weighted by Gasteiger charge is -2.38. The van der Waals surface area contributed by atoms with Crippen LogP contribution in [-0.4, -0.2) is 28.5 Å². The number of hydrogen-bond donors (Lipinski definition) is 2. The number of aliphatic hydroxyl groups is 1. The van der Waals surface area contributed by atoms with Crippen molar-refractivity contribution < 1.29 is 14.8 Å². The van der Waals surface area contributed by atoms with E-state index in [2.05, 4.69) is 15.9 Å². The van der Waals surface area contributed by atoms with Crippen molar-refractivity contribution in [3.8, 4) is 0 Å². The molecule has 0 aliphatic rings. The molecule has 1 aromatic carbocycles. The van der Waals surface area contributed by atoms with Gasteiger partial charge in [0.15, 0.2) is 0 Å². The monoisotopic (exact) mass is 314 g/mol. The molecule has 2 N–H and O–H groups in total. The summed E-state index contributed by atoms with van der Waals surface area (Å²) < 4.78 is 6.38. The molecule has 0 atom stereocenters. The molecule has 0 saturated carbocycles. The third-order valence-corrected chi connectivity index (χ3v) is 3.99. The fourth-order valence-electron chi connectivity index (χ4n) is 1.32. The van der Waals surface area contributed by atoms with Crippen molar-refractivity contribution in [1.29, 1.82) is 0 Å². The molecule has 0 unspecified atom stereocenters. The van der Waals surface area contributed by atoms with E-state index in [1.165, 1.54) is 0 Å².